The number of carboxylic acids is 1. The van der Waals surface area contributed by atoms with Crippen LogP contribution in [0.1, 0.15) is 25.3 Å². The fourth-order valence-electron chi connectivity index (χ4n) is 2.36. The third-order valence-corrected chi connectivity index (χ3v) is 3.45. The van der Waals surface area contributed by atoms with Gasteiger partial charge < -0.3 is 9.84 Å². The fraction of sp³-hybridized carbons (Fsp3) is 0.571. The smallest absolute Gasteiger partial charge is 0.332 e. The van der Waals surface area contributed by atoms with Crippen molar-refractivity contribution in [1.29, 1.82) is 0 Å². The molecule has 2 heterocycles. The number of likely N-dealkylation sites (N-methyl/N-ethyl adjacent to an activating group) is 1. The lowest BCUT2D eigenvalue weighted by molar-refractivity contribution is -0.149. The summed E-state index contributed by atoms with van der Waals surface area (Å²) < 4.78 is 5.54. The van der Waals surface area contributed by atoms with Gasteiger partial charge in [0, 0.05) is 25.5 Å². The summed E-state index contributed by atoms with van der Waals surface area (Å²) in [7, 11) is 0. The van der Waals surface area contributed by atoms with Crippen molar-refractivity contribution < 1.29 is 14.6 Å². The van der Waals surface area contributed by atoms with E-state index >= 15 is 0 Å². The summed E-state index contributed by atoms with van der Waals surface area (Å²) >= 11 is 0. The molecular formula is C14H20N2O3. The van der Waals surface area contributed by atoms with E-state index in [0.29, 0.717) is 6.42 Å². The molecular weight excluding hydrogens is 244 g/mol. The van der Waals surface area contributed by atoms with Gasteiger partial charge in [-0.25, -0.2) is 4.79 Å². The van der Waals surface area contributed by atoms with Crippen molar-refractivity contribution in [2.45, 2.75) is 38.5 Å². The molecule has 0 bridgehead atoms. The summed E-state index contributed by atoms with van der Waals surface area (Å²) in [5, 5.41) is 8.91. The minimum absolute atomic E-state index is 0.0305. The van der Waals surface area contributed by atoms with E-state index in [-0.39, 0.29) is 6.10 Å². The minimum atomic E-state index is -0.848. The maximum absolute atomic E-state index is 10.8. The molecule has 0 aromatic carbocycles. The molecule has 2 rings (SSSR count). The lowest BCUT2D eigenvalue weighted by Crippen LogP contribution is -2.33. The number of carboxylic acid groups (broad SMARTS) is 1. The van der Waals surface area contributed by atoms with Crippen LogP contribution in [-0.2, 0) is 16.1 Å². The zero-order chi connectivity index (χ0) is 13.7. The summed E-state index contributed by atoms with van der Waals surface area (Å²) in [5.74, 6) is -0.848. The van der Waals surface area contributed by atoms with Crippen molar-refractivity contribution in [3.8, 4) is 0 Å². The first-order valence-corrected chi connectivity index (χ1v) is 6.68. The van der Waals surface area contributed by atoms with Gasteiger partial charge >= 0.3 is 5.97 Å². The molecule has 1 aromatic rings. The Morgan fingerprint density at radius 2 is 2.21 bits per heavy atom. The van der Waals surface area contributed by atoms with Crippen LogP contribution < -0.4 is 0 Å². The van der Waals surface area contributed by atoms with E-state index in [9.17, 15) is 4.79 Å². The van der Waals surface area contributed by atoms with E-state index in [2.05, 4.69) is 16.8 Å². The quantitative estimate of drug-likeness (QED) is 0.844. The van der Waals surface area contributed by atoms with Gasteiger partial charge in [0.25, 0.3) is 0 Å². The molecule has 1 aliphatic rings. The number of hydrogen-bond donors (Lipinski definition) is 1. The van der Waals surface area contributed by atoms with Gasteiger partial charge in [-0.15, -0.1) is 0 Å². The number of aliphatic carboxylic acids is 1. The predicted octanol–water partition coefficient (Wildman–Crippen LogP) is 1.54. The Morgan fingerprint density at radius 1 is 1.47 bits per heavy atom. The van der Waals surface area contributed by atoms with Gasteiger partial charge in [0.15, 0.2) is 6.10 Å². The molecule has 2 unspecified atom stereocenters. The third kappa shape index (κ3) is 4.01. The SMILES string of the molecule is CCN(Cc1ccncc1)CC1CCC(C(=O)O)O1. The molecule has 1 fully saturated rings. The van der Waals surface area contributed by atoms with E-state index in [4.69, 9.17) is 9.84 Å². The second kappa shape index (κ2) is 6.63. The number of aromatic nitrogens is 1. The average Bonchev–Trinajstić information content (AvgIpc) is 2.88. The zero-order valence-corrected chi connectivity index (χ0v) is 11.2. The van der Waals surface area contributed by atoms with Gasteiger partial charge in [0.2, 0.25) is 0 Å². The van der Waals surface area contributed by atoms with Crippen LogP contribution in [0, 0.1) is 0 Å². The summed E-state index contributed by atoms with van der Waals surface area (Å²) in [6.45, 7) is 4.64. The van der Waals surface area contributed by atoms with Gasteiger partial charge in [-0.05, 0) is 37.1 Å². The monoisotopic (exact) mass is 264 g/mol. The number of rotatable bonds is 6. The molecule has 5 nitrogen and oxygen atoms in total. The molecule has 0 radical (unpaired) electrons. The number of hydrogen-bond acceptors (Lipinski definition) is 4. The van der Waals surface area contributed by atoms with Crippen LogP contribution in [0.25, 0.3) is 0 Å². The molecule has 0 amide bonds. The van der Waals surface area contributed by atoms with Crippen molar-refractivity contribution in [2.75, 3.05) is 13.1 Å². The number of carbonyl (C=O) groups is 1. The summed E-state index contributed by atoms with van der Waals surface area (Å²) in [6, 6.07) is 4.00. The van der Waals surface area contributed by atoms with E-state index < -0.39 is 12.1 Å². The summed E-state index contributed by atoms with van der Waals surface area (Å²) in [4.78, 5) is 17.1. The van der Waals surface area contributed by atoms with Crippen molar-refractivity contribution in [1.82, 2.24) is 9.88 Å². The zero-order valence-electron chi connectivity index (χ0n) is 11.2. The molecule has 0 aliphatic carbocycles. The molecule has 104 valence electrons. The van der Waals surface area contributed by atoms with Crippen LogP contribution in [0.3, 0.4) is 0 Å². The Bertz CT molecular complexity index is 410. The van der Waals surface area contributed by atoms with Crippen LogP contribution in [0.2, 0.25) is 0 Å². The van der Waals surface area contributed by atoms with Crippen molar-refractivity contribution in [3.63, 3.8) is 0 Å². The van der Waals surface area contributed by atoms with Gasteiger partial charge in [-0.1, -0.05) is 6.92 Å². The van der Waals surface area contributed by atoms with Crippen LogP contribution in [0.5, 0.6) is 0 Å². The van der Waals surface area contributed by atoms with E-state index in [0.717, 1.165) is 26.1 Å². The highest BCUT2D eigenvalue weighted by Crippen LogP contribution is 2.21. The number of ether oxygens (including phenoxy) is 1. The van der Waals surface area contributed by atoms with Crippen LogP contribution in [0.15, 0.2) is 24.5 Å². The molecule has 1 saturated heterocycles. The van der Waals surface area contributed by atoms with Gasteiger partial charge in [0.1, 0.15) is 0 Å². The second-order valence-electron chi connectivity index (χ2n) is 4.85. The highest BCUT2D eigenvalue weighted by Gasteiger charge is 2.31. The van der Waals surface area contributed by atoms with Gasteiger partial charge in [-0.2, -0.15) is 0 Å². The lowest BCUT2D eigenvalue weighted by Gasteiger charge is -2.24. The Balaban J connectivity index is 1.85. The maximum atomic E-state index is 10.8. The topological polar surface area (TPSA) is 62.7 Å². The van der Waals surface area contributed by atoms with E-state index in [1.165, 1.54) is 5.56 Å². The minimum Gasteiger partial charge on any atom is -0.479 e. The first kappa shape index (κ1) is 14.0. The molecule has 0 spiro atoms. The second-order valence-corrected chi connectivity index (χ2v) is 4.85. The highest BCUT2D eigenvalue weighted by molar-refractivity contribution is 5.72. The standard InChI is InChI=1S/C14H20N2O3/c1-2-16(9-11-5-7-15-8-6-11)10-12-3-4-13(19-12)14(17)18/h5-8,12-13H,2-4,9-10H2,1H3,(H,17,18). The Kier molecular flexibility index (Phi) is 4.87. The molecule has 1 aromatic heterocycles. The van der Waals surface area contributed by atoms with Crippen LogP contribution in [0.4, 0.5) is 0 Å². The summed E-state index contributed by atoms with van der Waals surface area (Å²) in [5.41, 5.74) is 1.21. The molecule has 1 aliphatic heterocycles. The normalized spacial score (nSPS) is 22.8. The van der Waals surface area contributed by atoms with Crippen LogP contribution >= 0.6 is 0 Å². The Morgan fingerprint density at radius 3 is 2.79 bits per heavy atom. The summed E-state index contributed by atoms with van der Waals surface area (Å²) in [6.07, 6.45) is 4.43. The Labute approximate surface area is 113 Å². The third-order valence-electron chi connectivity index (χ3n) is 3.45. The maximum Gasteiger partial charge on any atom is 0.332 e. The average molecular weight is 264 g/mol. The number of pyridine rings is 1. The van der Waals surface area contributed by atoms with Crippen molar-refractivity contribution in [3.05, 3.63) is 30.1 Å². The van der Waals surface area contributed by atoms with E-state index in [1.807, 2.05) is 12.1 Å². The van der Waals surface area contributed by atoms with Crippen molar-refractivity contribution >= 4 is 5.97 Å². The van der Waals surface area contributed by atoms with Crippen molar-refractivity contribution in [2.24, 2.45) is 0 Å². The highest BCUT2D eigenvalue weighted by atomic mass is 16.5. The molecule has 19 heavy (non-hydrogen) atoms. The van der Waals surface area contributed by atoms with Gasteiger partial charge in [0.05, 0.1) is 6.10 Å². The van der Waals surface area contributed by atoms with Gasteiger partial charge in [-0.3, -0.25) is 9.88 Å². The number of nitrogens with zero attached hydrogens (tertiary/aromatic N) is 2. The molecule has 5 heteroatoms. The largest absolute Gasteiger partial charge is 0.479 e. The fourth-order valence-corrected chi connectivity index (χ4v) is 2.36. The van der Waals surface area contributed by atoms with Crippen LogP contribution in [-0.4, -0.2) is 46.3 Å². The molecule has 2 atom stereocenters. The Hall–Kier alpha value is -1.46. The molecule has 1 N–H and O–H groups in total. The lowest BCUT2D eigenvalue weighted by atomic mass is 10.1. The van der Waals surface area contributed by atoms with E-state index in [1.54, 1.807) is 12.4 Å². The predicted molar refractivity (Wildman–Crippen MR) is 70.7 cm³/mol. The first-order chi connectivity index (χ1) is 9.19. The molecule has 0 saturated carbocycles. The first-order valence-electron chi connectivity index (χ1n) is 6.68.